The second-order valence-corrected chi connectivity index (χ2v) is 0.752. The summed E-state index contributed by atoms with van der Waals surface area (Å²) < 4.78 is 0. The van der Waals surface area contributed by atoms with Gasteiger partial charge in [0.1, 0.15) is 0 Å². The van der Waals surface area contributed by atoms with Crippen molar-refractivity contribution in [3.05, 3.63) is 12.7 Å². The molecular formula is C3H6Cl+. The van der Waals surface area contributed by atoms with Crippen molar-refractivity contribution in [3.63, 3.8) is 0 Å². The van der Waals surface area contributed by atoms with Gasteiger partial charge in [-0.15, -0.1) is 18.2 Å². The SMILES string of the molecule is C=CCCl.[H+]. The summed E-state index contributed by atoms with van der Waals surface area (Å²) >= 11 is 5.07. The normalized spacial score (nSPS) is 6.25. The molecule has 0 aliphatic rings. The van der Waals surface area contributed by atoms with E-state index in [1.807, 2.05) is 0 Å². The summed E-state index contributed by atoms with van der Waals surface area (Å²) in [5, 5.41) is 0. The molecule has 0 amide bonds. The molecule has 0 bridgehead atoms. The number of hydrogen-bond acceptors (Lipinski definition) is 0. The van der Waals surface area contributed by atoms with Gasteiger partial charge in [-0.25, -0.2) is 0 Å². The van der Waals surface area contributed by atoms with Crippen molar-refractivity contribution in [1.29, 1.82) is 0 Å². The van der Waals surface area contributed by atoms with E-state index in [2.05, 4.69) is 6.58 Å². The van der Waals surface area contributed by atoms with Crippen molar-refractivity contribution in [1.82, 2.24) is 0 Å². The van der Waals surface area contributed by atoms with Crippen LogP contribution in [0.2, 0.25) is 0 Å². The quantitative estimate of drug-likeness (QED) is 0.329. The van der Waals surface area contributed by atoms with Crippen LogP contribution in [0.5, 0.6) is 0 Å². The number of rotatable bonds is 1. The average Bonchev–Trinajstić information content (AvgIpc) is 1.37. The average molecular weight is 77.5 g/mol. The van der Waals surface area contributed by atoms with E-state index in [0.29, 0.717) is 5.88 Å². The molecule has 24 valence electrons. The van der Waals surface area contributed by atoms with Crippen LogP contribution in [0, 0.1) is 0 Å². The van der Waals surface area contributed by atoms with Crippen molar-refractivity contribution in [3.8, 4) is 0 Å². The number of hydrogen-bond donors (Lipinski definition) is 0. The van der Waals surface area contributed by atoms with E-state index in [1.165, 1.54) is 0 Å². The number of allylic oxidation sites excluding steroid dienone is 1. The molecule has 1 heteroatoms. The molecule has 0 radical (unpaired) electrons. The van der Waals surface area contributed by atoms with E-state index >= 15 is 0 Å². The topological polar surface area (TPSA) is 0 Å². The molecule has 0 atom stereocenters. The summed E-state index contributed by atoms with van der Waals surface area (Å²) in [6, 6.07) is 0. The summed E-state index contributed by atoms with van der Waals surface area (Å²) in [5.74, 6) is 0.556. The van der Waals surface area contributed by atoms with Crippen LogP contribution in [0.25, 0.3) is 0 Å². The van der Waals surface area contributed by atoms with Gasteiger partial charge in [-0.05, 0) is 0 Å². The zero-order valence-electron chi connectivity index (χ0n) is 3.37. The molecule has 0 aromatic rings. The lowest BCUT2D eigenvalue weighted by Crippen LogP contribution is -1.45. The van der Waals surface area contributed by atoms with Gasteiger partial charge in [0.05, 0.1) is 0 Å². The fourth-order valence-corrected chi connectivity index (χ4v) is 0. The lowest BCUT2D eigenvalue weighted by Gasteiger charge is -1.55. The van der Waals surface area contributed by atoms with E-state index in [1.54, 1.807) is 6.08 Å². The van der Waals surface area contributed by atoms with Crippen LogP contribution in [0.1, 0.15) is 1.43 Å². The summed E-state index contributed by atoms with van der Waals surface area (Å²) in [7, 11) is 0. The highest BCUT2D eigenvalue weighted by atomic mass is 35.5. The minimum Gasteiger partial charge on any atom is -0.122 e. The second kappa shape index (κ2) is 3.03. The van der Waals surface area contributed by atoms with Gasteiger partial charge in [-0.1, -0.05) is 6.08 Å². The maximum Gasteiger partial charge on any atom is 1.00 e. The Morgan fingerprint density at radius 2 is 2.50 bits per heavy atom. The summed E-state index contributed by atoms with van der Waals surface area (Å²) in [6.07, 6.45) is 1.64. The van der Waals surface area contributed by atoms with Gasteiger partial charge in [-0.2, -0.15) is 0 Å². The summed E-state index contributed by atoms with van der Waals surface area (Å²) in [6.45, 7) is 3.35. The first-order valence-corrected chi connectivity index (χ1v) is 1.62. The van der Waals surface area contributed by atoms with Gasteiger partial charge in [-0.3, -0.25) is 0 Å². The summed E-state index contributed by atoms with van der Waals surface area (Å²) in [5.41, 5.74) is 0. The maximum atomic E-state index is 5.07. The van der Waals surface area contributed by atoms with Crippen molar-refractivity contribution in [2.75, 3.05) is 5.88 Å². The zero-order chi connectivity index (χ0) is 3.41. The van der Waals surface area contributed by atoms with Crippen LogP contribution < -0.4 is 0 Å². The molecule has 0 saturated heterocycles. The highest BCUT2D eigenvalue weighted by molar-refractivity contribution is 6.18. The van der Waals surface area contributed by atoms with E-state index in [4.69, 9.17) is 11.6 Å². The van der Waals surface area contributed by atoms with E-state index < -0.39 is 0 Å². The Balaban J connectivity index is 0. The van der Waals surface area contributed by atoms with Crippen LogP contribution in [-0.2, 0) is 0 Å². The van der Waals surface area contributed by atoms with Crippen molar-refractivity contribution >= 4 is 11.6 Å². The van der Waals surface area contributed by atoms with E-state index in [9.17, 15) is 0 Å². The lowest BCUT2D eigenvalue weighted by molar-refractivity contribution is 1.80. The molecule has 0 aromatic heterocycles. The third kappa shape index (κ3) is 2.03. The minimum absolute atomic E-state index is 0. The molecule has 0 nitrogen and oxygen atoms in total. The second-order valence-electron chi connectivity index (χ2n) is 0.443. The van der Waals surface area contributed by atoms with Gasteiger partial charge in [0.15, 0.2) is 0 Å². The lowest BCUT2D eigenvalue weighted by atomic mass is 10.8. The predicted molar refractivity (Wildman–Crippen MR) is 22.0 cm³/mol. The highest BCUT2D eigenvalue weighted by Crippen LogP contribution is 1.67. The van der Waals surface area contributed by atoms with Gasteiger partial charge in [0.25, 0.3) is 0 Å². The van der Waals surface area contributed by atoms with Crippen LogP contribution >= 0.6 is 11.6 Å². The molecule has 0 heterocycles. The first-order valence-electron chi connectivity index (χ1n) is 1.08. The predicted octanol–water partition coefficient (Wildman–Crippen LogP) is 1.52. The molecule has 0 spiro atoms. The Bertz CT molecular complexity index is 20.9. The smallest absolute Gasteiger partial charge is 0.122 e. The van der Waals surface area contributed by atoms with E-state index in [0.717, 1.165) is 0 Å². The molecule has 0 unspecified atom stereocenters. The number of halogens is 1. The van der Waals surface area contributed by atoms with Crippen LogP contribution in [0.4, 0.5) is 0 Å². The number of alkyl halides is 1. The highest BCUT2D eigenvalue weighted by Gasteiger charge is 1.48. The van der Waals surface area contributed by atoms with Gasteiger partial charge < -0.3 is 0 Å². The monoisotopic (exact) mass is 77.0 g/mol. The van der Waals surface area contributed by atoms with Crippen molar-refractivity contribution < 1.29 is 1.43 Å². The molecule has 0 aliphatic carbocycles. The molecule has 0 aliphatic heterocycles. The Labute approximate surface area is 32.6 Å². The van der Waals surface area contributed by atoms with Gasteiger partial charge in [0, 0.05) is 5.88 Å². The van der Waals surface area contributed by atoms with Gasteiger partial charge >= 0.3 is 1.43 Å². The molecule has 0 N–H and O–H groups in total. The standard InChI is InChI=1S/C3H5Cl/c1-2-3-4/h2H,1,3H2/p+1. The largest absolute Gasteiger partial charge is 1.00 e. The molecule has 0 aromatic carbocycles. The van der Waals surface area contributed by atoms with Crippen molar-refractivity contribution in [2.24, 2.45) is 0 Å². The van der Waals surface area contributed by atoms with E-state index in [-0.39, 0.29) is 1.43 Å². The Morgan fingerprint density at radius 1 is 2.25 bits per heavy atom. The fraction of sp³-hybridized carbons (Fsp3) is 0.333. The molecule has 0 saturated carbocycles. The van der Waals surface area contributed by atoms with Crippen LogP contribution in [0.15, 0.2) is 12.7 Å². The first-order chi connectivity index (χ1) is 1.91. The third-order valence-electron chi connectivity index (χ3n) is 0.109. The minimum atomic E-state index is 0. The van der Waals surface area contributed by atoms with Crippen LogP contribution in [-0.4, -0.2) is 5.88 Å². The Hall–Kier alpha value is 0.0300. The molecule has 0 fully saturated rings. The Kier molecular flexibility index (Phi) is 3.05. The third-order valence-corrected chi connectivity index (χ3v) is 0.327. The first kappa shape index (κ1) is 4.03. The Morgan fingerprint density at radius 3 is 2.50 bits per heavy atom. The molecule has 4 heavy (non-hydrogen) atoms. The summed E-state index contributed by atoms with van der Waals surface area (Å²) in [4.78, 5) is 0. The molecular weight excluding hydrogens is 71.5 g/mol. The van der Waals surface area contributed by atoms with Crippen molar-refractivity contribution in [2.45, 2.75) is 0 Å². The van der Waals surface area contributed by atoms with Crippen LogP contribution in [0.3, 0.4) is 0 Å². The fourth-order valence-electron chi connectivity index (χ4n) is 0. The zero-order valence-corrected chi connectivity index (χ0v) is 3.13. The maximum absolute atomic E-state index is 5.07. The van der Waals surface area contributed by atoms with Gasteiger partial charge in [0.2, 0.25) is 0 Å². The molecule has 0 rings (SSSR count).